The summed E-state index contributed by atoms with van der Waals surface area (Å²) in [6, 6.07) is 11.0. The summed E-state index contributed by atoms with van der Waals surface area (Å²) in [5.41, 5.74) is 2.33. The minimum absolute atomic E-state index is 0.130. The number of unbranched alkanes of at least 4 members (excludes halogenated alkanes) is 3. The SMILES string of the molecule is CCCCCCSc1nc([O-])c2[n+](n1)C(c1cc3c(cc1Br)OCO3)N(C(C)=O)c1ccccc1-2. The van der Waals surface area contributed by atoms with Crippen LogP contribution in [0.3, 0.4) is 0 Å². The molecule has 2 aliphatic rings. The number of anilines is 1. The van der Waals surface area contributed by atoms with Crippen molar-refractivity contribution in [3.8, 4) is 28.6 Å². The first kappa shape index (κ1) is 23.9. The molecule has 0 radical (unpaired) electrons. The van der Waals surface area contributed by atoms with Crippen LogP contribution < -0.4 is 24.2 Å². The van der Waals surface area contributed by atoms with Gasteiger partial charge in [-0.1, -0.05) is 70.7 Å². The van der Waals surface area contributed by atoms with E-state index in [2.05, 4.69) is 27.8 Å². The van der Waals surface area contributed by atoms with Gasteiger partial charge in [0.2, 0.25) is 12.7 Å². The molecule has 0 N–H and O–H groups in total. The van der Waals surface area contributed by atoms with Crippen LogP contribution in [0.2, 0.25) is 0 Å². The van der Waals surface area contributed by atoms with Crippen molar-refractivity contribution in [2.24, 2.45) is 0 Å². The normalized spacial score (nSPS) is 15.6. The highest BCUT2D eigenvalue weighted by molar-refractivity contribution is 9.10. The fourth-order valence-electron chi connectivity index (χ4n) is 4.44. The van der Waals surface area contributed by atoms with Gasteiger partial charge in [-0.2, -0.15) is 0 Å². The Labute approximate surface area is 216 Å². The lowest BCUT2D eigenvalue weighted by Gasteiger charge is -2.33. The number of carbonyl (C=O) groups excluding carboxylic acids is 1. The molecule has 0 aliphatic carbocycles. The Kier molecular flexibility index (Phi) is 6.84. The van der Waals surface area contributed by atoms with Gasteiger partial charge in [0.1, 0.15) is 0 Å². The minimum atomic E-state index is -0.712. The Balaban J connectivity index is 1.66. The summed E-state index contributed by atoms with van der Waals surface area (Å²) in [6.45, 7) is 3.82. The second-order valence-electron chi connectivity index (χ2n) is 8.41. The maximum Gasteiger partial charge on any atom is 0.294 e. The smallest absolute Gasteiger partial charge is 0.294 e. The van der Waals surface area contributed by atoms with Gasteiger partial charge in [-0.05, 0) is 30.7 Å². The summed E-state index contributed by atoms with van der Waals surface area (Å²) in [5.74, 6) is 1.48. The van der Waals surface area contributed by atoms with Crippen LogP contribution in [0.25, 0.3) is 11.3 Å². The highest BCUT2D eigenvalue weighted by Gasteiger charge is 2.45. The van der Waals surface area contributed by atoms with Gasteiger partial charge in [-0.15, -0.1) is 0 Å². The average molecular weight is 557 g/mol. The predicted molar refractivity (Wildman–Crippen MR) is 134 cm³/mol. The number of fused-ring (bicyclic) bond motifs is 4. The van der Waals surface area contributed by atoms with Crippen LogP contribution in [0, 0.1) is 0 Å². The van der Waals surface area contributed by atoms with E-state index in [0.29, 0.717) is 33.6 Å². The molecule has 0 saturated heterocycles. The molecule has 1 amide bonds. The van der Waals surface area contributed by atoms with Crippen molar-refractivity contribution < 1.29 is 24.1 Å². The predicted octanol–water partition coefficient (Wildman–Crippen LogP) is 4.58. The molecule has 8 nitrogen and oxygen atoms in total. The van der Waals surface area contributed by atoms with E-state index >= 15 is 0 Å². The Hall–Kier alpha value is -2.85. The Morgan fingerprint density at radius 3 is 2.77 bits per heavy atom. The number of ether oxygens (including phenoxy) is 2. The molecule has 0 saturated carbocycles. The Morgan fingerprint density at radius 1 is 1.23 bits per heavy atom. The summed E-state index contributed by atoms with van der Waals surface area (Å²) >= 11 is 5.11. The van der Waals surface area contributed by atoms with E-state index in [9.17, 15) is 9.90 Å². The summed E-state index contributed by atoms with van der Waals surface area (Å²) in [7, 11) is 0. The third-order valence-electron chi connectivity index (χ3n) is 6.06. The number of carbonyl (C=O) groups is 1. The number of halogens is 1. The lowest BCUT2D eigenvalue weighted by Crippen LogP contribution is -2.58. The number of rotatable bonds is 7. The van der Waals surface area contributed by atoms with Gasteiger partial charge in [0.15, 0.2) is 11.5 Å². The van der Waals surface area contributed by atoms with Crippen LogP contribution in [0.1, 0.15) is 51.3 Å². The fourth-order valence-corrected chi connectivity index (χ4v) is 5.79. The van der Waals surface area contributed by atoms with E-state index in [4.69, 9.17) is 14.6 Å². The standard InChI is InChI=1S/C25H25BrN4O4S/c1-3-4-5-8-11-35-25-27-23(32)22-16-9-6-7-10-19(16)29(15(2)31)24(30(22)28-25)17-12-20-21(13-18(17)26)34-14-33-20/h6-7,9-10,12-13,24H,3-5,8,11,14H2,1-2H3. The van der Waals surface area contributed by atoms with Gasteiger partial charge in [-0.25, -0.2) is 9.88 Å². The molecule has 0 fully saturated rings. The van der Waals surface area contributed by atoms with E-state index < -0.39 is 6.17 Å². The van der Waals surface area contributed by atoms with Gasteiger partial charge in [0, 0.05) is 22.2 Å². The number of hydrogen-bond donors (Lipinski definition) is 0. The average Bonchev–Trinajstić information content (AvgIpc) is 3.29. The third kappa shape index (κ3) is 4.45. The molecule has 2 aromatic carbocycles. The molecule has 1 aromatic heterocycles. The van der Waals surface area contributed by atoms with Crippen LogP contribution in [0.5, 0.6) is 17.4 Å². The number of nitrogens with zero attached hydrogens (tertiary/aromatic N) is 4. The number of para-hydroxylation sites is 1. The first-order valence-corrected chi connectivity index (χ1v) is 13.4. The molecule has 182 valence electrons. The zero-order valence-electron chi connectivity index (χ0n) is 19.5. The lowest BCUT2D eigenvalue weighted by molar-refractivity contribution is -0.764. The second-order valence-corrected chi connectivity index (χ2v) is 10.3. The number of aromatic nitrogens is 3. The lowest BCUT2D eigenvalue weighted by atomic mass is 10.0. The quantitative estimate of drug-likeness (QED) is 0.239. The van der Waals surface area contributed by atoms with E-state index in [1.165, 1.54) is 25.1 Å². The maximum absolute atomic E-state index is 13.4. The molecule has 5 rings (SSSR count). The summed E-state index contributed by atoms with van der Waals surface area (Å²) < 4.78 is 13.5. The van der Waals surface area contributed by atoms with Crippen molar-refractivity contribution >= 4 is 39.3 Å². The molecule has 1 unspecified atom stereocenters. The number of hydrogen-bond acceptors (Lipinski definition) is 7. The maximum atomic E-state index is 13.4. The van der Waals surface area contributed by atoms with Crippen molar-refractivity contribution in [1.82, 2.24) is 10.1 Å². The van der Waals surface area contributed by atoms with Crippen LogP contribution in [-0.4, -0.2) is 28.5 Å². The molecule has 3 heterocycles. The Morgan fingerprint density at radius 2 is 2.00 bits per heavy atom. The monoisotopic (exact) mass is 556 g/mol. The minimum Gasteiger partial charge on any atom is -0.854 e. The van der Waals surface area contributed by atoms with Crippen LogP contribution in [0.4, 0.5) is 5.69 Å². The fraction of sp³-hybridized carbons (Fsp3) is 0.360. The molecule has 0 bridgehead atoms. The molecule has 3 aromatic rings. The molecule has 0 spiro atoms. The first-order valence-electron chi connectivity index (χ1n) is 11.6. The van der Waals surface area contributed by atoms with Crippen molar-refractivity contribution in [2.45, 2.75) is 50.9 Å². The zero-order chi connectivity index (χ0) is 24.5. The number of amides is 1. The molecular weight excluding hydrogens is 532 g/mol. The molecule has 10 heteroatoms. The topological polar surface area (TPSA) is 91.5 Å². The van der Waals surface area contributed by atoms with Crippen molar-refractivity contribution in [2.75, 3.05) is 17.4 Å². The third-order valence-corrected chi connectivity index (χ3v) is 7.67. The zero-order valence-corrected chi connectivity index (χ0v) is 21.9. The largest absolute Gasteiger partial charge is 0.854 e. The molecule has 1 atom stereocenters. The summed E-state index contributed by atoms with van der Waals surface area (Å²) in [6.07, 6.45) is 3.78. The van der Waals surface area contributed by atoms with Crippen LogP contribution in [-0.2, 0) is 4.79 Å². The summed E-state index contributed by atoms with van der Waals surface area (Å²) in [4.78, 5) is 19.0. The number of benzene rings is 2. The van der Waals surface area contributed by atoms with E-state index in [1.807, 2.05) is 36.4 Å². The molecule has 35 heavy (non-hydrogen) atoms. The number of thioether (sulfide) groups is 1. The van der Waals surface area contributed by atoms with Gasteiger partial charge >= 0.3 is 0 Å². The van der Waals surface area contributed by atoms with Gasteiger partial charge in [-0.3, -0.25) is 4.79 Å². The van der Waals surface area contributed by atoms with Crippen LogP contribution in [0.15, 0.2) is 46.0 Å². The Bertz CT molecular complexity index is 1290. The van der Waals surface area contributed by atoms with Crippen molar-refractivity contribution in [1.29, 1.82) is 0 Å². The van der Waals surface area contributed by atoms with Crippen LogP contribution >= 0.6 is 27.7 Å². The van der Waals surface area contributed by atoms with Gasteiger partial charge in [0.05, 0.1) is 22.7 Å². The highest BCUT2D eigenvalue weighted by atomic mass is 79.9. The highest BCUT2D eigenvalue weighted by Crippen LogP contribution is 2.45. The van der Waals surface area contributed by atoms with E-state index in [1.54, 1.807) is 9.58 Å². The first-order chi connectivity index (χ1) is 17.0. The van der Waals surface area contributed by atoms with Gasteiger partial charge < -0.3 is 14.6 Å². The second kappa shape index (κ2) is 10.0. The van der Waals surface area contributed by atoms with E-state index in [0.717, 1.165) is 35.1 Å². The van der Waals surface area contributed by atoms with E-state index in [-0.39, 0.29) is 18.6 Å². The van der Waals surface area contributed by atoms with Gasteiger partial charge in [0.25, 0.3) is 17.0 Å². The summed E-state index contributed by atoms with van der Waals surface area (Å²) in [5, 5.41) is 18.6. The van der Waals surface area contributed by atoms with Crippen molar-refractivity contribution in [3.63, 3.8) is 0 Å². The molecule has 2 aliphatic heterocycles. The molecular formula is C25H25BrN4O4S. The van der Waals surface area contributed by atoms with Crippen molar-refractivity contribution in [3.05, 3.63) is 46.4 Å².